The van der Waals surface area contributed by atoms with Gasteiger partial charge in [-0.25, -0.2) is 8.42 Å². The molecule has 1 fully saturated rings. The van der Waals surface area contributed by atoms with Crippen LogP contribution in [-0.2, 0) is 21.2 Å². The highest BCUT2D eigenvalue weighted by Gasteiger charge is 2.31. The summed E-state index contributed by atoms with van der Waals surface area (Å²) < 4.78 is 32.7. The second kappa shape index (κ2) is 7.32. The Morgan fingerprint density at radius 1 is 1.19 bits per heavy atom. The second-order valence-electron chi connectivity index (χ2n) is 6.83. The highest BCUT2D eigenvalue weighted by atomic mass is 32.2. The lowest BCUT2D eigenvalue weighted by atomic mass is 10.1. The lowest BCUT2D eigenvalue weighted by molar-refractivity contribution is 0.0857. The van der Waals surface area contributed by atoms with Crippen molar-refractivity contribution < 1.29 is 17.9 Å². The Kier molecular flexibility index (Phi) is 4.88. The van der Waals surface area contributed by atoms with Crippen LogP contribution in [0.3, 0.4) is 0 Å². The van der Waals surface area contributed by atoms with Crippen molar-refractivity contribution in [1.82, 2.24) is 5.32 Å². The lowest BCUT2D eigenvalue weighted by Gasteiger charge is -2.19. The molecule has 2 heterocycles. The fraction of sp³-hybridized carbons (Fsp3) is 0.350. The summed E-state index contributed by atoms with van der Waals surface area (Å²) in [6.45, 7) is 1.64. The van der Waals surface area contributed by atoms with Crippen LogP contribution >= 0.6 is 0 Å². The zero-order valence-corrected chi connectivity index (χ0v) is 15.7. The zero-order valence-electron chi connectivity index (χ0n) is 14.9. The van der Waals surface area contributed by atoms with E-state index in [0.717, 1.165) is 25.0 Å². The predicted molar refractivity (Wildman–Crippen MR) is 102 cm³/mol. The molecule has 1 saturated heterocycles. The van der Waals surface area contributed by atoms with E-state index < -0.39 is 10.0 Å². The molecule has 142 valence electrons. The second-order valence-corrected chi connectivity index (χ2v) is 8.69. The zero-order chi connectivity index (χ0) is 18.9. The summed E-state index contributed by atoms with van der Waals surface area (Å²) in [5, 5.41) is 2.90. The molecule has 1 N–H and O–H groups in total. The minimum Gasteiger partial charge on any atom is -0.376 e. The number of nitrogens with one attached hydrogen (secondary N) is 1. The number of ether oxygens (including phenoxy) is 1. The molecule has 1 unspecified atom stereocenters. The minimum absolute atomic E-state index is 0.0925. The third-order valence-electron chi connectivity index (χ3n) is 5.04. The van der Waals surface area contributed by atoms with Gasteiger partial charge < -0.3 is 10.1 Å². The van der Waals surface area contributed by atoms with Gasteiger partial charge in [0.2, 0.25) is 0 Å². The molecule has 0 radical (unpaired) electrons. The van der Waals surface area contributed by atoms with E-state index in [1.54, 1.807) is 48.5 Å². The molecule has 0 saturated carbocycles. The van der Waals surface area contributed by atoms with Gasteiger partial charge in [0.1, 0.15) is 0 Å². The summed E-state index contributed by atoms with van der Waals surface area (Å²) >= 11 is 0. The van der Waals surface area contributed by atoms with Crippen LogP contribution in [0.25, 0.3) is 0 Å². The number of carbonyl (C=O) groups is 1. The Bertz CT molecular complexity index is 938. The van der Waals surface area contributed by atoms with Gasteiger partial charge in [0, 0.05) is 25.3 Å². The van der Waals surface area contributed by atoms with Crippen molar-refractivity contribution in [3.05, 3.63) is 59.7 Å². The number of rotatable bonds is 5. The standard InChI is InChI=1S/C20H22N2O4S/c23-20(21-14-17-5-4-12-26-17)16-8-9-19-15(13-16)10-11-22(19)27(24,25)18-6-2-1-3-7-18/h1-3,6-9,13,17H,4-5,10-12,14H2,(H,21,23). The molecule has 2 aliphatic heterocycles. The third-order valence-corrected chi connectivity index (χ3v) is 6.87. The van der Waals surface area contributed by atoms with Gasteiger partial charge in [0.05, 0.1) is 16.7 Å². The molecule has 2 aliphatic rings. The first kappa shape index (κ1) is 18.0. The molecule has 0 aromatic heterocycles. The van der Waals surface area contributed by atoms with Crippen LogP contribution in [0.1, 0.15) is 28.8 Å². The summed E-state index contributed by atoms with van der Waals surface area (Å²) in [5.41, 5.74) is 2.07. The number of sulfonamides is 1. The van der Waals surface area contributed by atoms with Crippen molar-refractivity contribution in [2.45, 2.75) is 30.3 Å². The van der Waals surface area contributed by atoms with Crippen LogP contribution in [0, 0.1) is 0 Å². The normalized spacial score (nSPS) is 19.1. The quantitative estimate of drug-likeness (QED) is 0.856. The first-order valence-corrected chi connectivity index (χ1v) is 10.6. The number of amides is 1. The van der Waals surface area contributed by atoms with E-state index >= 15 is 0 Å². The van der Waals surface area contributed by atoms with Gasteiger partial charge in [-0.15, -0.1) is 0 Å². The van der Waals surface area contributed by atoms with Crippen molar-refractivity contribution >= 4 is 21.6 Å². The molecule has 7 heteroatoms. The Morgan fingerprint density at radius 3 is 2.74 bits per heavy atom. The highest BCUT2D eigenvalue weighted by Crippen LogP contribution is 2.33. The Labute approximate surface area is 159 Å². The first-order valence-electron chi connectivity index (χ1n) is 9.16. The molecular formula is C20H22N2O4S. The van der Waals surface area contributed by atoms with Crippen LogP contribution in [0.2, 0.25) is 0 Å². The number of hydrogen-bond acceptors (Lipinski definition) is 4. The van der Waals surface area contributed by atoms with E-state index in [9.17, 15) is 13.2 Å². The average molecular weight is 386 g/mol. The van der Waals surface area contributed by atoms with Crippen molar-refractivity contribution in [3.63, 3.8) is 0 Å². The number of anilines is 1. The number of hydrogen-bond donors (Lipinski definition) is 1. The molecule has 0 aliphatic carbocycles. The van der Waals surface area contributed by atoms with E-state index in [-0.39, 0.29) is 16.9 Å². The summed E-state index contributed by atoms with van der Waals surface area (Å²) in [7, 11) is -3.59. The Morgan fingerprint density at radius 2 is 2.00 bits per heavy atom. The third kappa shape index (κ3) is 3.57. The van der Waals surface area contributed by atoms with Gasteiger partial charge in [0.25, 0.3) is 15.9 Å². The largest absolute Gasteiger partial charge is 0.376 e. The van der Waals surface area contributed by atoms with Crippen LogP contribution in [-0.4, -0.2) is 40.1 Å². The number of fused-ring (bicyclic) bond motifs is 1. The number of nitrogens with zero attached hydrogens (tertiary/aromatic N) is 1. The van der Waals surface area contributed by atoms with E-state index in [1.165, 1.54) is 4.31 Å². The van der Waals surface area contributed by atoms with Crippen molar-refractivity contribution in [2.75, 3.05) is 24.0 Å². The summed E-state index contributed by atoms with van der Waals surface area (Å²) in [6.07, 6.45) is 2.69. The van der Waals surface area contributed by atoms with Crippen molar-refractivity contribution in [3.8, 4) is 0 Å². The molecule has 27 heavy (non-hydrogen) atoms. The Balaban J connectivity index is 1.51. The summed E-state index contributed by atoms with van der Waals surface area (Å²) in [6, 6.07) is 13.6. The molecule has 0 bridgehead atoms. The lowest BCUT2D eigenvalue weighted by Crippen LogP contribution is -2.31. The highest BCUT2D eigenvalue weighted by molar-refractivity contribution is 7.92. The average Bonchev–Trinajstić information content (AvgIpc) is 3.36. The van der Waals surface area contributed by atoms with E-state index in [0.29, 0.717) is 30.8 Å². The van der Waals surface area contributed by atoms with Crippen molar-refractivity contribution in [2.24, 2.45) is 0 Å². The molecule has 4 rings (SSSR count). The number of carbonyl (C=O) groups excluding carboxylic acids is 1. The molecule has 6 nitrogen and oxygen atoms in total. The number of benzene rings is 2. The summed E-state index contributed by atoms with van der Waals surface area (Å²) in [5.74, 6) is -0.155. The maximum Gasteiger partial charge on any atom is 0.264 e. The van der Waals surface area contributed by atoms with Gasteiger partial charge in [-0.2, -0.15) is 0 Å². The maximum atomic E-state index is 12.9. The Hall–Kier alpha value is -2.38. The molecular weight excluding hydrogens is 364 g/mol. The first-order chi connectivity index (χ1) is 13.1. The van der Waals surface area contributed by atoms with Crippen LogP contribution in [0.5, 0.6) is 0 Å². The summed E-state index contributed by atoms with van der Waals surface area (Å²) in [4.78, 5) is 12.7. The van der Waals surface area contributed by atoms with E-state index in [2.05, 4.69) is 5.32 Å². The predicted octanol–water partition coefficient (Wildman–Crippen LogP) is 2.35. The van der Waals surface area contributed by atoms with Gasteiger partial charge in [-0.05, 0) is 55.2 Å². The van der Waals surface area contributed by atoms with Crippen LogP contribution in [0.4, 0.5) is 5.69 Å². The molecule has 2 aromatic rings. The van der Waals surface area contributed by atoms with Crippen LogP contribution in [0.15, 0.2) is 53.4 Å². The van der Waals surface area contributed by atoms with E-state index in [4.69, 9.17) is 4.74 Å². The van der Waals surface area contributed by atoms with Gasteiger partial charge in [-0.1, -0.05) is 18.2 Å². The molecule has 1 amide bonds. The fourth-order valence-corrected chi connectivity index (χ4v) is 5.12. The van der Waals surface area contributed by atoms with Gasteiger partial charge >= 0.3 is 0 Å². The fourth-order valence-electron chi connectivity index (χ4n) is 3.60. The minimum atomic E-state index is -3.59. The molecule has 2 aromatic carbocycles. The smallest absolute Gasteiger partial charge is 0.264 e. The monoisotopic (exact) mass is 386 g/mol. The SMILES string of the molecule is O=C(NCC1CCCO1)c1ccc2c(c1)CCN2S(=O)(=O)c1ccccc1. The van der Waals surface area contributed by atoms with Gasteiger partial charge in [0.15, 0.2) is 0 Å². The molecule has 1 atom stereocenters. The van der Waals surface area contributed by atoms with Gasteiger partial charge in [-0.3, -0.25) is 9.10 Å². The maximum absolute atomic E-state index is 12.9. The topological polar surface area (TPSA) is 75.7 Å². The molecule has 0 spiro atoms. The van der Waals surface area contributed by atoms with Crippen LogP contribution < -0.4 is 9.62 Å². The van der Waals surface area contributed by atoms with E-state index in [1.807, 2.05) is 0 Å². The van der Waals surface area contributed by atoms with Crippen molar-refractivity contribution in [1.29, 1.82) is 0 Å².